The summed E-state index contributed by atoms with van der Waals surface area (Å²) in [4.78, 5) is 23.9. The summed E-state index contributed by atoms with van der Waals surface area (Å²) in [5.41, 5.74) is 1.46. The molecule has 0 saturated carbocycles. The smallest absolute Gasteiger partial charge is 0.263 e. The third-order valence-electron chi connectivity index (χ3n) is 3.98. The van der Waals surface area contributed by atoms with Gasteiger partial charge in [0, 0.05) is 17.0 Å². The zero-order valence-corrected chi connectivity index (χ0v) is 15.7. The number of ether oxygens (including phenoxy) is 1. The molecule has 27 heavy (non-hydrogen) atoms. The summed E-state index contributed by atoms with van der Waals surface area (Å²) in [6.45, 7) is 0. The van der Waals surface area contributed by atoms with Crippen molar-refractivity contribution in [2.24, 2.45) is 0 Å². The van der Waals surface area contributed by atoms with Crippen LogP contribution in [0.1, 0.15) is 16.7 Å². The highest BCUT2D eigenvalue weighted by molar-refractivity contribution is 7.80. The number of halogens is 2. The lowest BCUT2D eigenvalue weighted by Gasteiger charge is -2.17. The van der Waals surface area contributed by atoms with E-state index in [9.17, 15) is 14.0 Å². The molecule has 8 heteroatoms. The number of methoxy groups -OCH3 is 1. The van der Waals surface area contributed by atoms with Gasteiger partial charge < -0.3 is 4.74 Å². The second-order valence-corrected chi connectivity index (χ2v) is 6.56. The predicted molar refractivity (Wildman–Crippen MR) is 104 cm³/mol. The fourth-order valence-electron chi connectivity index (χ4n) is 2.67. The number of rotatable bonds is 4. The molecule has 0 aliphatic carbocycles. The zero-order valence-electron chi connectivity index (χ0n) is 14.1. The van der Waals surface area contributed by atoms with Crippen LogP contribution in [0.3, 0.4) is 0 Å². The summed E-state index contributed by atoms with van der Waals surface area (Å²) in [7, 11) is 1.46. The van der Waals surface area contributed by atoms with Crippen LogP contribution in [0.5, 0.6) is 5.75 Å². The summed E-state index contributed by atoms with van der Waals surface area (Å²) in [6, 6.07) is 9.60. The van der Waals surface area contributed by atoms with Gasteiger partial charge in [0.1, 0.15) is 17.1 Å². The van der Waals surface area contributed by atoms with Crippen LogP contribution in [0.4, 0.5) is 4.39 Å². The van der Waals surface area contributed by atoms with Gasteiger partial charge in [0.2, 0.25) is 0 Å². The van der Waals surface area contributed by atoms with E-state index in [2.05, 4.69) is 10.6 Å². The minimum atomic E-state index is -0.603. The van der Waals surface area contributed by atoms with E-state index < -0.39 is 11.8 Å². The molecule has 1 saturated heterocycles. The minimum Gasteiger partial charge on any atom is -0.496 e. The number of thiocarbonyl (C=S) groups is 1. The van der Waals surface area contributed by atoms with Crippen molar-refractivity contribution >= 4 is 46.8 Å². The van der Waals surface area contributed by atoms with E-state index in [4.69, 9.17) is 28.6 Å². The summed E-state index contributed by atoms with van der Waals surface area (Å²) in [5.74, 6) is -1.12. The Hall–Kier alpha value is -2.77. The molecule has 138 valence electrons. The van der Waals surface area contributed by atoms with Crippen LogP contribution >= 0.6 is 23.8 Å². The van der Waals surface area contributed by atoms with E-state index in [-0.39, 0.29) is 22.9 Å². The van der Waals surface area contributed by atoms with Crippen LogP contribution < -0.4 is 15.4 Å². The van der Waals surface area contributed by atoms with Crippen LogP contribution in [0.15, 0.2) is 42.0 Å². The maximum atomic E-state index is 14.0. The van der Waals surface area contributed by atoms with Gasteiger partial charge in [0.25, 0.3) is 11.8 Å². The second-order valence-electron chi connectivity index (χ2n) is 5.75. The molecular formula is C19H14ClFN2O3S. The Kier molecular flexibility index (Phi) is 5.53. The first-order chi connectivity index (χ1) is 12.9. The van der Waals surface area contributed by atoms with E-state index in [1.165, 1.54) is 19.3 Å². The normalized spacial score (nSPS) is 13.9. The summed E-state index contributed by atoms with van der Waals surface area (Å²) >= 11 is 11.1. The first-order valence-electron chi connectivity index (χ1n) is 7.87. The van der Waals surface area contributed by atoms with Gasteiger partial charge in [-0.05, 0) is 47.6 Å². The molecule has 0 unspecified atom stereocenters. The van der Waals surface area contributed by atoms with E-state index in [0.29, 0.717) is 27.5 Å². The molecule has 0 radical (unpaired) electrons. The van der Waals surface area contributed by atoms with Gasteiger partial charge in [-0.1, -0.05) is 29.8 Å². The standard InChI is InChI=1S/C19H14ClFN2O3S/c1-26-16-8-10(6-13-17(24)22-19(27)23-18(13)25)7-14(20)12(16)9-11-4-2-3-5-15(11)21/h2-8H,9H2,1H3,(H2,22,23,24,25,27). The Bertz CT molecular complexity index is 969. The molecule has 2 aromatic carbocycles. The lowest BCUT2D eigenvalue weighted by molar-refractivity contribution is -0.123. The van der Waals surface area contributed by atoms with Crippen molar-refractivity contribution in [1.29, 1.82) is 0 Å². The number of hydrogen-bond acceptors (Lipinski definition) is 4. The monoisotopic (exact) mass is 404 g/mol. The number of hydrogen-bond donors (Lipinski definition) is 2. The van der Waals surface area contributed by atoms with Gasteiger partial charge in [0.05, 0.1) is 7.11 Å². The predicted octanol–water partition coefficient (Wildman–Crippen LogP) is 2.99. The minimum absolute atomic E-state index is 0.0435. The SMILES string of the molecule is COc1cc(C=C2C(=O)NC(=S)NC2=O)cc(Cl)c1Cc1ccccc1F. The molecule has 0 spiro atoms. The van der Waals surface area contributed by atoms with Crippen molar-refractivity contribution in [2.75, 3.05) is 7.11 Å². The van der Waals surface area contributed by atoms with Gasteiger partial charge >= 0.3 is 0 Å². The van der Waals surface area contributed by atoms with Gasteiger partial charge in [-0.25, -0.2) is 4.39 Å². The highest BCUT2D eigenvalue weighted by Gasteiger charge is 2.26. The maximum absolute atomic E-state index is 14.0. The Morgan fingerprint density at radius 2 is 1.85 bits per heavy atom. The molecule has 0 bridgehead atoms. The average molecular weight is 405 g/mol. The van der Waals surface area contributed by atoms with Crippen molar-refractivity contribution < 1.29 is 18.7 Å². The van der Waals surface area contributed by atoms with Gasteiger partial charge in [-0.2, -0.15) is 0 Å². The molecule has 2 N–H and O–H groups in total. The van der Waals surface area contributed by atoms with Gasteiger partial charge in [0.15, 0.2) is 5.11 Å². The molecule has 0 aromatic heterocycles. The fraction of sp³-hybridized carbons (Fsp3) is 0.105. The van der Waals surface area contributed by atoms with Crippen LogP contribution in [0.2, 0.25) is 5.02 Å². The lowest BCUT2D eigenvalue weighted by Crippen LogP contribution is -2.51. The van der Waals surface area contributed by atoms with E-state index in [0.717, 1.165) is 0 Å². The van der Waals surface area contributed by atoms with Crippen LogP contribution in [-0.2, 0) is 16.0 Å². The first kappa shape index (κ1) is 19.0. The molecular weight excluding hydrogens is 391 g/mol. The lowest BCUT2D eigenvalue weighted by atomic mass is 10.0. The van der Waals surface area contributed by atoms with Crippen LogP contribution in [0, 0.1) is 5.82 Å². The Morgan fingerprint density at radius 1 is 1.19 bits per heavy atom. The highest BCUT2D eigenvalue weighted by Crippen LogP contribution is 2.32. The number of carbonyl (C=O) groups excluding carboxylic acids is 2. The van der Waals surface area contributed by atoms with E-state index in [1.54, 1.807) is 30.3 Å². The number of nitrogens with one attached hydrogen (secondary N) is 2. The summed E-state index contributed by atoms with van der Waals surface area (Å²) < 4.78 is 19.3. The van der Waals surface area contributed by atoms with Crippen molar-refractivity contribution in [3.63, 3.8) is 0 Å². The summed E-state index contributed by atoms with van der Waals surface area (Å²) in [5, 5.41) is 5.01. The summed E-state index contributed by atoms with van der Waals surface area (Å²) in [6.07, 6.45) is 1.62. The number of amides is 2. The van der Waals surface area contributed by atoms with Crippen molar-refractivity contribution in [3.05, 3.63) is 69.5 Å². The highest BCUT2D eigenvalue weighted by atomic mass is 35.5. The third-order valence-corrected chi connectivity index (χ3v) is 4.52. The third kappa shape index (κ3) is 4.15. The molecule has 2 aromatic rings. The average Bonchev–Trinajstić information content (AvgIpc) is 2.61. The molecule has 3 rings (SSSR count). The Balaban J connectivity index is 1.98. The molecule has 5 nitrogen and oxygen atoms in total. The molecule has 2 amide bonds. The molecule has 1 heterocycles. The van der Waals surface area contributed by atoms with Gasteiger partial charge in [-0.3, -0.25) is 20.2 Å². The van der Waals surface area contributed by atoms with E-state index >= 15 is 0 Å². The van der Waals surface area contributed by atoms with Crippen LogP contribution in [0.25, 0.3) is 6.08 Å². The topological polar surface area (TPSA) is 67.4 Å². The largest absolute Gasteiger partial charge is 0.496 e. The Morgan fingerprint density at radius 3 is 2.48 bits per heavy atom. The van der Waals surface area contributed by atoms with Crippen molar-refractivity contribution in [2.45, 2.75) is 6.42 Å². The Labute approximate surface area is 165 Å². The van der Waals surface area contributed by atoms with E-state index in [1.807, 2.05) is 0 Å². The first-order valence-corrected chi connectivity index (χ1v) is 8.66. The fourth-order valence-corrected chi connectivity index (χ4v) is 3.14. The van der Waals surface area contributed by atoms with Crippen molar-refractivity contribution in [1.82, 2.24) is 10.6 Å². The molecule has 1 fully saturated rings. The van der Waals surface area contributed by atoms with Gasteiger partial charge in [-0.15, -0.1) is 0 Å². The number of carbonyl (C=O) groups is 2. The molecule has 1 aliphatic heterocycles. The zero-order chi connectivity index (χ0) is 19.6. The van der Waals surface area contributed by atoms with Crippen molar-refractivity contribution in [3.8, 4) is 5.75 Å². The van der Waals surface area contributed by atoms with Crippen LogP contribution in [-0.4, -0.2) is 24.0 Å². The number of benzene rings is 2. The quantitative estimate of drug-likeness (QED) is 0.467. The maximum Gasteiger partial charge on any atom is 0.263 e. The molecule has 0 atom stereocenters. The molecule has 1 aliphatic rings. The second kappa shape index (κ2) is 7.85.